The molecule has 0 saturated heterocycles. The summed E-state index contributed by atoms with van der Waals surface area (Å²) in [7, 11) is 10.1. The van der Waals surface area contributed by atoms with Crippen LogP contribution in [-0.2, 0) is 113 Å². The van der Waals surface area contributed by atoms with Crippen molar-refractivity contribution in [3.05, 3.63) is 69.3 Å². The monoisotopic (exact) mass is 974 g/mol. The van der Waals surface area contributed by atoms with Crippen LogP contribution < -0.4 is 0 Å². The van der Waals surface area contributed by atoms with E-state index in [4.69, 9.17) is 47.9 Å². The maximum absolute atomic E-state index is 13.5. The highest BCUT2D eigenvalue weighted by Crippen LogP contribution is 2.51. The fourth-order valence-corrected chi connectivity index (χ4v) is 9.56. The number of carbonyl (C=O) groups is 8. The van der Waals surface area contributed by atoms with Crippen molar-refractivity contribution in [2.24, 2.45) is 0 Å². The Hall–Kier alpha value is -7.12. The number of hydrogen-bond acceptors (Lipinski definition) is 18. The number of carbonyl (C=O) groups excluding carboxylic acids is 8. The molecule has 0 unspecified atom stereocenters. The standard InChI is InChI=1S/C50H62N4O16/c1-49(25-47(61)69-9)31(13-17-43(57)65-5)37-22-35-29(19-45(59)67-7)27(11-15-41(55)63-3)33(51-35)21-34-28(12-16-42(56)64-4)30(20-46(60)68-8)36(52-34)23-39-50(2,26-48(62)70-10)32(14-18-44(58)66-6)38(54-39)24-40(49)53-37/h21-24,31-32,51-52H,11-20,25-26H2,1-10H3/t31-,32-,49+,50+/m1/s1. The lowest BCUT2D eigenvalue weighted by atomic mass is 9.69. The normalized spacial score (nSPS) is 18.3. The number of ether oxygens (including phenoxy) is 8. The average Bonchev–Trinajstić information content (AvgIpc) is 4.00. The summed E-state index contributed by atoms with van der Waals surface area (Å²) in [6, 6.07) is 6.88. The molecule has 5 heterocycles. The van der Waals surface area contributed by atoms with Crippen molar-refractivity contribution in [1.29, 1.82) is 0 Å². The van der Waals surface area contributed by atoms with Gasteiger partial charge in [0.2, 0.25) is 0 Å². The summed E-state index contributed by atoms with van der Waals surface area (Å²) in [5.41, 5.74) is 2.57. The van der Waals surface area contributed by atoms with Gasteiger partial charge in [-0.3, -0.25) is 48.3 Å². The van der Waals surface area contributed by atoms with Gasteiger partial charge in [0.1, 0.15) is 0 Å². The predicted molar refractivity (Wildman–Crippen MR) is 249 cm³/mol. The van der Waals surface area contributed by atoms with Crippen LogP contribution in [-0.4, -0.2) is 125 Å². The Labute approximate surface area is 404 Å². The molecule has 3 aromatic heterocycles. The van der Waals surface area contributed by atoms with Crippen molar-refractivity contribution in [3.8, 4) is 0 Å². The number of fused-ring (bicyclic) bond motifs is 8. The lowest BCUT2D eigenvalue weighted by Gasteiger charge is -2.32. The predicted octanol–water partition coefficient (Wildman–Crippen LogP) is 5.07. The molecule has 2 aliphatic rings. The number of aromatic nitrogens is 4. The fraction of sp³-hybridized carbons (Fsp3) is 0.520. The third kappa shape index (κ3) is 12.0. The van der Waals surface area contributed by atoms with Crippen LogP contribution in [0, 0.1) is 0 Å². The van der Waals surface area contributed by atoms with Gasteiger partial charge in [0.25, 0.3) is 0 Å². The van der Waals surface area contributed by atoms with Gasteiger partial charge in [-0.05, 0) is 72.2 Å². The molecule has 0 amide bonds. The molecule has 8 bridgehead atoms. The zero-order valence-corrected chi connectivity index (χ0v) is 41.4. The van der Waals surface area contributed by atoms with Crippen molar-refractivity contribution in [2.45, 2.75) is 114 Å². The highest BCUT2D eigenvalue weighted by Gasteiger charge is 2.48. The molecule has 0 spiro atoms. The van der Waals surface area contributed by atoms with E-state index in [1.807, 2.05) is 13.8 Å². The van der Waals surface area contributed by atoms with E-state index in [1.54, 1.807) is 24.3 Å². The number of rotatable bonds is 20. The van der Waals surface area contributed by atoms with E-state index in [-0.39, 0.29) is 77.0 Å². The smallest absolute Gasteiger partial charge is 0.310 e. The van der Waals surface area contributed by atoms with Gasteiger partial charge in [-0.25, -0.2) is 0 Å². The van der Waals surface area contributed by atoms with Crippen LogP contribution in [0.5, 0.6) is 0 Å². The van der Waals surface area contributed by atoms with Gasteiger partial charge in [-0.1, -0.05) is 13.8 Å². The van der Waals surface area contributed by atoms with Gasteiger partial charge >= 0.3 is 47.8 Å². The first-order valence-electron chi connectivity index (χ1n) is 22.7. The summed E-state index contributed by atoms with van der Waals surface area (Å²) in [5.74, 6) is -5.85. The van der Waals surface area contributed by atoms with Gasteiger partial charge < -0.3 is 47.9 Å². The third-order valence-corrected chi connectivity index (χ3v) is 13.6. The summed E-state index contributed by atoms with van der Waals surface area (Å²) < 4.78 is 40.9. The molecular weight excluding hydrogens is 913 g/mol. The minimum atomic E-state index is -1.21. The first-order valence-corrected chi connectivity index (χ1v) is 22.7. The average molecular weight is 975 g/mol. The molecule has 0 fully saturated rings. The maximum atomic E-state index is 13.5. The van der Waals surface area contributed by atoms with Crippen LogP contribution >= 0.6 is 0 Å². The highest BCUT2D eigenvalue weighted by molar-refractivity contribution is 5.87. The fourth-order valence-electron chi connectivity index (χ4n) is 9.56. The molecule has 20 nitrogen and oxygen atoms in total. The van der Waals surface area contributed by atoms with Crippen LogP contribution in [0.4, 0.5) is 0 Å². The van der Waals surface area contributed by atoms with Crippen LogP contribution in [0.25, 0.3) is 22.1 Å². The van der Waals surface area contributed by atoms with Crippen LogP contribution in [0.2, 0.25) is 0 Å². The summed E-state index contributed by atoms with van der Waals surface area (Å²) >= 11 is 0. The first-order chi connectivity index (χ1) is 33.3. The molecule has 4 atom stereocenters. The second-order valence-corrected chi connectivity index (χ2v) is 17.6. The van der Waals surface area contributed by atoms with E-state index in [0.717, 1.165) is 0 Å². The van der Waals surface area contributed by atoms with E-state index in [9.17, 15) is 38.4 Å². The largest absolute Gasteiger partial charge is 0.469 e. The number of nitrogens with zero attached hydrogens (tertiary/aromatic N) is 2. The van der Waals surface area contributed by atoms with Crippen LogP contribution in [0.3, 0.4) is 0 Å². The Kier molecular flexibility index (Phi) is 18.0. The zero-order chi connectivity index (χ0) is 51.5. The van der Waals surface area contributed by atoms with Gasteiger partial charge in [0.15, 0.2) is 0 Å². The number of aromatic amines is 2. The molecule has 20 heteroatoms. The van der Waals surface area contributed by atoms with E-state index in [1.165, 1.54) is 56.9 Å². The van der Waals surface area contributed by atoms with Crippen molar-refractivity contribution in [1.82, 2.24) is 19.9 Å². The summed E-state index contributed by atoms with van der Waals surface area (Å²) in [4.78, 5) is 122. The molecule has 0 saturated carbocycles. The van der Waals surface area contributed by atoms with Crippen LogP contribution in [0.1, 0.15) is 122 Å². The summed E-state index contributed by atoms with van der Waals surface area (Å²) in [6.07, 6.45) is -0.961. The molecule has 0 aromatic carbocycles. The molecule has 2 N–H and O–H groups in total. The minimum absolute atomic E-state index is 0.0654. The SMILES string of the molecule is COC(=O)CCc1c(CC(=O)OC)c2cc3nc(cc4nc(cc5[nH]c(cc1[nH]2)c(CCC(=O)OC)c5CC(=O)OC)[C@@](C)(CC(=O)OC)[C@@H]4CCC(=O)OC)[C@@](C)(CC(=O)OC)[C@@H]3CCC(=O)OC. The Morgan fingerprint density at radius 2 is 0.757 bits per heavy atom. The zero-order valence-electron chi connectivity index (χ0n) is 41.4. The second kappa shape index (κ2) is 23.5. The van der Waals surface area contributed by atoms with Crippen molar-refractivity contribution in [3.63, 3.8) is 0 Å². The molecule has 0 radical (unpaired) electrons. The number of methoxy groups -OCH3 is 8. The number of hydrogen-bond donors (Lipinski definition) is 2. The topological polar surface area (TPSA) is 268 Å². The molecule has 70 heavy (non-hydrogen) atoms. The number of H-pyrrole nitrogens is 2. The second-order valence-electron chi connectivity index (χ2n) is 17.6. The van der Waals surface area contributed by atoms with Gasteiger partial charge in [-0.15, -0.1) is 0 Å². The van der Waals surface area contributed by atoms with Crippen molar-refractivity contribution in [2.75, 3.05) is 56.9 Å². The Balaban J connectivity index is 2.12. The molecule has 2 aliphatic heterocycles. The number of esters is 8. The number of nitrogens with one attached hydrogen (secondary N) is 2. The van der Waals surface area contributed by atoms with E-state index in [2.05, 4.69) is 9.97 Å². The first kappa shape index (κ1) is 53.8. The van der Waals surface area contributed by atoms with Crippen LogP contribution in [0.15, 0.2) is 24.3 Å². The molecule has 5 rings (SSSR count). The van der Waals surface area contributed by atoms with E-state index in [0.29, 0.717) is 67.1 Å². The molecule has 0 aliphatic carbocycles. The van der Waals surface area contributed by atoms with Gasteiger partial charge in [0, 0.05) is 93.2 Å². The Morgan fingerprint density at radius 3 is 1.14 bits per heavy atom. The maximum Gasteiger partial charge on any atom is 0.310 e. The lowest BCUT2D eigenvalue weighted by molar-refractivity contribution is -0.143. The van der Waals surface area contributed by atoms with Crippen molar-refractivity contribution >= 4 is 69.8 Å². The molecule has 3 aromatic rings. The minimum Gasteiger partial charge on any atom is -0.469 e. The third-order valence-electron chi connectivity index (χ3n) is 13.6. The van der Waals surface area contributed by atoms with E-state index >= 15 is 0 Å². The van der Waals surface area contributed by atoms with Gasteiger partial charge in [-0.2, -0.15) is 0 Å². The summed E-state index contributed by atoms with van der Waals surface area (Å²) in [6.45, 7) is 3.63. The summed E-state index contributed by atoms with van der Waals surface area (Å²) in [5, 5.41) is 0. The Bertz CT molecular complexity index is 2690. The van der Waals surface area contributed by atoms with Gasteiger partial charge in [0.05, 0.1) is 82.6 Å². The van der Waals surface area contributed by atoms with Crippen molar-refractivity contribution < 1.29 is 76.3 Å². The Morgan fingerprint density at radius 1 is 0.429 bits per heavy atom. The molecular formula is C50H62N4O16. The quantitative estimate of drug-likeness (QED) is 0.110. The van der Waals surface area contributed by atoms with E-state index < -0.39 is 70.4 Å². The lowest BCUT2D eigenvalue weighted by Crippen LogP contribution is -2.32. The number of aryl methyl sites for hydroxylation is 2. The highest BCUT2D eigenvalue weighted by atomic mass is 16.5. The molecule has 378 valence electrons.